The summed E-state index contributed by atoms with van der Waals surface area (Å²) >= 11 is 0. The van der Waals surface area contributed by atoms with Gasteiger partial charge in [-0.3, -0.25) is 4.79 Å². The molecule has 0 radical (unpaired) electrons. The van der Waals surface area contributed by atoms with Gasteiger partial charge in [0.2, 0.25) is 5.91 Å². The SMILES string of the molecule is CNC1CCN(c2cc(C(N)=O)ccn2)C1. The van der Waals surface area contributed by atoms with E-state index >= 15 is 0 Å². The first kappa shape index (κ1) is 10.9. The van der Waals surface area contributed by atoms with Crippen molar-refractivity contribution >= 4 is 11.7 Å². The largest absolute Gasteiger partial charge is 0.366 e. The third-order valence-electron chi connectivity index (χ3n) is 2.95. The van der Waals surface area contributed by atoms with Gasteiger partial charge in [-0.2, -0.15) is 0 Å². The van der Waals surface area contributed by atoms with Crippen molar-refractivity contribution in [2.24, 2.45) is 5.73 Å². The number of rotatable bonds is 3. The highest BCUT2D eigenvalue weighted by molar-refractivity contribution is 5.93. The van der Waals surface area contributed by atoms with Crippen molar-refractivity contribution in [2.45, 2.75) is 12.5 Å². The van der Waals surface area contributed by atoms with Crippen LogP contribution in [-0.4, -0.2) is 37.1 Å². The van der Waals surface area contributed by atoms with Gasteiger partial charge in [0.25, 0.3) is 0 Å². The maximum atomic E-state index is 11.1. The van der Waals surface area contributed by atoms with Crippen molar-refractivity contribution in [3.05, 3.63) is 23.9 Å². The highest BCUT2D eigenvalue weighted by Gasteiger charge is 2.22. The van der Waals surface area contributed by atoms with Gasteiger partial charge in [0.15, 0.2) is 0 Å². The molecule has 3 N–H and O–H groups in total. The summed E-state index contributed by atoms with van der Waals surface area (Å²) in [5, 5.41) is 3.24. The van der Waals surface area contributed by atoms with Crippen molar-refractivity contribution in [1.82, 2.24) is 10.3 Å². The molecule has 1 aliphatic heterocycles. The second kappa shape index (κ2) is 4.49. The predicted molar refractivity (Wildman–Crippen MR) is 62.4 cm³/mol. The van der Waals surface area contributed by atoms with E-state index in [0.717, 1.165) is 25.3 Å². The summed E-state index contributed by atoms with van der Waals surface area (Å²) in [6.45, 7) is 1.88. The van der Waals surface area contributed by atoms with E-state index < -0.39 is 5.91 Å². The van der Waals surface area contributed by atoms with Crippen molar-refractivity contribution in [3.8, 4) is 0 Å². The van der Waals surface area contributed by atoms with Gasteiger partial charge in [0.05, 0.1) is 0 Å². The van der Waals surface area contributed by atoms with Crippen molar-refractivity contribution in [1.29, 1.82) is 0 Å². The Hall–Kier alpha value is -1.62. The van der Waals surface area contributed by atoms with E-state index in [1.165, 1.54) is 0 Å². The lowest BCUT2D eigenvalue weighted by molar-refractivity contribution is 0.1000. The number of primary amides is 1. The number of pyridine rings is 1. The normalized spacial score (nSPS) is 20.1. The molecular formula is C11H16N4O. The molecule has 0 aromatic carbocycles. The summed E-state index contributed by atoms with van der Waals surface area (Å²) in [6.07, 6.45) is 2.72. The number of nitrogens with two attached hydrogens (primary N) is 1. The molecule has 0 spiro atoms. The molecule has 0 saturated carbocycles. The van der Waals surface area contributed by atoms with Crippen LogP contribution in [-0.2, 0) is 0 Å². The summed E-state index contributed by atoms with van der Waals surface area (Å²) in [5.41, 5.74) is 5.75. The Morgan fingerprint density at radius 3 is 3.12 bits per heavy atom. The first-order valence-electron chi connectivity index (χ1n) is 5.39. The van der Waals surface area contributed by atoms with Crippen LogP contribution in [0.15, 0.2) is 18.3 Å². The maximum Gasteiger partial charge on any atom is 0.248 e. The van der Waals surface area contributed by atoms with E-state index in [1.54, 1.807) is 18.3 Å². The molecule has 1 fully saturated rings. The molecule has 5 nitrogen and oxygen atoms in total. The van der Waals surface area contributed by atoms with Crippen LogP contribution >= 0.6 is 0 Å². The van der Waals surface area contributed by atoms with Crippen LogP contribution in [0.4, 0.5) is 5.82 Å². The molecule has 2 heterocycles. The molecule has 1 aliphatic rings. The maximum absolute atomic E-state index is 11.1. The highest BCUT2D eigenvalue weighted by Crippen LogP contribution is 2.18. The number of carbonyl (C=O) groups excluding carboxylic acids is 1. The molecule has 1 unspecified atom stereocenters. The van der Waals surface area contributed by atoms with E-state index in [-0.39, 0.29) is 0 Å². The molecule has 0 bridgehead atoms. The van der Waals surface area contributed by atoms with Gasteiger partial charge >= 0.3 is 0 Å². The summed E-state index contributed by atoms with van der Waals surface area (Å²) in [4.78, 5) is 17.5. The number of carbonyl (C=O) groups is 1. The smallest absolute Gasteiger partial charge is 0.248 e. The van der Waals surface area contributed by atoms with Crippen LogP contribution in [0.5, 0.6) is 0 Å². The van der Waals surface area contributed by atoms with E-state index in [1.807, 2.05) is 7.05 Å². The van der Waals surface area contributed by atoms with Crippen molar-refractivity contribution in [3.63, 3.8) is 0 Å². The molecule has 1 atom stereocenters. The lowest BCUT2D eigenvalue weighted by Crippen LogP contribution is -2.30. The number of nitrogens with one attached hydrogen (secondary N) is 1. The summed E-state index contributed by atoms with van der Waals surface area (Å²) < 4.78 is 0. The van der Waals surface area contributed by atoms with E-state index in [4.69, 9.17) is 5.73 Å². The molecule has 1 aromatic heterocycles. The van der Waals surface area contributed by atoms with Gasteiger partial charge < -0.3 is 16.0 Å². The first-order valence-corrected chi connectivity index (χ1v) is 5.39. The zero-order chi connectivity index (χ0) is 11.5. The Morgan fingerprint density at radius 1 is 1.69 bits per heavy atom. The third kappa shape index (κ3) is 2.14. The predicted octanol–water partition coefficient (Wildman–Crippen LogP) is -0.0214. The number of hydrogen-bond donors (Lipinski definition) is 2. The fourth-order valence-electron chi connectivity index (χ4n) is 1.95. The van der Waals surface area contributed by atoms with E-state index in [0.29, 0.717) is 11.6 Å². The molecule has 1 aromatic rings. The Kier molecular flexibility index (Phi) is 3.05. The number of aromatic nitrogens is 1. The van der Waals surface area contributed by atoms with Crippen LogP contribution in [0.2, 0.25) is 0 Å². The molecule has 0 aliphatic carbocycles. The Labute approximate surface area is 94.6 Å². The topological polar surface area (TPSA) is 71.2 Å². The first-order chi connectivity index (χ1) is 7.70. The second-order valence-corrected chi connectivity index (χ2v) is 3.99. The molecule has 5 heteroatoms. The zero-order valence-electron chi connectivity index (χ0n) is 9.31. The van der Waals surface area contributed by atoms with Crippen LogP contribution in [0.25, 0.3) is 0 Å². The minimum absolute atomic E-state index is 0.409. The van der Waals surface area contributed by atoms with Gasteiger partial charge in [0.1, 0.15) is 5.82 Å². The van der Waals surface area contributed by atoms with Crippen LogP contribution in [0.1, 0.15) is 16.8 Å². The van der Waals surface area contributed by atoms with E-state index in [2.05, 4.69) is 15.2 Å². The fraction of sp³-hybridized carbons (Fsp3) is 0.455. The van der Waals surface area contributed by atoms with Gasteiger partial charge in [-0.1, -0.05) is 0 Å². The molecular weight excluding hydrogens is 204 g/mol. The number of nitrogens with zero attached hydrogens (tertiary/aromatic N) is 2. The monoisotopic (exact) mass is 220 g/mol. The van der Waals surface area contributed by atoms with Crippen molar-refractivity contribution in [2.75, 3.05) is 25.0 Å². The second-order valence-electron chi connectivity index (χ2n) is 3.99. The number of anilines is 1. The lowest BCUT2D eigenvalue weighted by Gasteiger charge is -2.17. The Balaban J connectivity index is 2.15. The van der Waals surface area contributed by atoms with Crippen LogP contribution < -0.4 is 16.0 Å². The highest BCUT2D eigenvalue weighted by atomic mass is 16.1. The molecule has 16 heavy (non-hydrogen) atoms. The van der Waals surface area contributed by atoms with Gasteiger partial charge in [-0.15, -0.1) is 0 Å². The van der Waals surface area contributed by atoms with Gasteiger partial charge in [-0.05, 0) is 25.6 Å². The molecule has 2 rings (SSSR count). The number of amides is 1. The standard InChI is InChI=1S/C11H16N4O/c1-13-9-3-5-15(7-9)10-6-8(11(12)16)2-4-14-10/h2,4,6,9,13H,3,5,7H2,1H3,(H2,12,16). The number of hydrogen-bond acceptors (Lipinski definition) is 4. The lowest BCUT2D eigenvalue weighted by atomic mass is 10.2. The van der Waals surface area contributed by atoms with Crippen LogP contribution in [0.3, 0.4) is 0 Å². The fourth-order valence-corrected chi connectivity index (χ4v) is 1.95. The summed E-state index contributed by atoms with van der Waals surface area (Å²) in [6, 6.07) is 3.89. The molecule has 1 amide bonds. The third-order valence-corrected chi connectivity index (χ3v) is 2.95. The average Bonchev–Trinajstić information content (AvgIpc) is 2.77. The average molecular weight is 220 g/mol. The zero-order valence-corrected chi connectivity index (χ0v) is 9.31. The molecule has 86 valence electrons. The minimum atomic E-state index is -0.409. The quantitative estimate of drug-likeness (QED) is 0.751. The van der Waals surface area contributed by atoms with Crippen molar-refractivity contribution < 1.29 is 4.79 Å². The summed E-state index contributed by atoms with van der Waals surface area (Å²) in [5.74, 6) is 0.419. The van der Waals surface area contributed by atoms with E-state index in [9.17, 15) is 4.79 Å². The minimum Gasteiger partial charge on any atom is -0.366 e. The molecule has 1 saturated heterocycles. The van der Waals surface area contributed by atoms with Gasteiger partial charge in [-0.25, -0.2) is 4.98 Å². The van der Waals surface area contributed by atoms with Gasteiger partial charge in [0, 0.05) is 30.9 Å². The Bertz CT molecular complexity index is 393. The van der Waals surface area contributed by atoms with Crippen LogP contribution in [0, 0.1) is 0 Å². The summed E-state index contributed by atoms with van der Waals surface area (Å²) in [7, 11) is 1.96. The Morgan fingerprint density at radius 2 is 2.50 bits per heavy atom. The number of likely N-dealkylation sites (N-methyl/N-ethyl adjacent to an activating group) is 1.